The van der Waals surface area contributed by atoms with Crippen LogP contribution < -0.4 is 10.6 Å². The number of benzene rings is 1. The number of likely N-dealkylation sites (tertiary alicyclic amines) is 1. The van der Waals surface area contributed by atoms with Crippen LogP contribution in [-0.2, 0) is 54.3 Å². The van der Waals surface area contributed by atoms with Crippen LogP contribution in [0.5, 0.6) is 0 Å². The van der Waals surface area contributed by atoms with Gasteiger partial charge in [0.2, 0.25) is 29.5 Å². The lowest BCUT2D eigenvalue weighted by molar-refractivity contribution is -0.149. The average Bonchev–Trinajstić information content (AvgIpc) is 3.84. The number of carboxylic acids is 1. The topological polar surface area (TPSA) is 212 Å². The van der Waals surface area contributed by atoms with Crippen molar-refractivity contribution in [2.45, 2.75) is 155 Å². The lowest BCUT2D eigenvalue weighted by atomic mass is 9.89. The van der Waals surface area contributed by atoms with Crippen LogP contribution in [0.15, 0.2) is 36.4 Å². The van der Waals surface area contributed by atoms with Gasteiger partial charge in [0.1, 0.15) is 23.9 Å². The molecule has 18 heteroatoms. The monoisotopic (exact) mass is 955 g/mol. The highest BCUT2D eigenvalue weighted by Crippen LogP contribution is 2.50. The Morgan fingerprint density at radius 1 is 0.853 bits per heavy atom. The van der Waals surface area contributed by atoms with Crippen molar-refractivity contribution in [2.75, 3.05) is 34.9 Å². The third-order valence-corrected chi connectivity index (χ3v) is 14.2. The molecule has 68 heavy (non-hydrogen) atoms. The largest absolute Gasteiger partial charge is 0.480 e. The molecule has 0 bridgehead atoms. The molecule has 1 saturated heterocycles. The molecule has 0 spiro atoms. The molecule has 0 aromatic heterocycles. The number of aliphatic carboxylic acids is 1. The second kappa shape index (κ2) is 24.9. The zero-order valence-electron chi connectivity index (χ0n) is 41.7. The summed E-state index contributed by atoms with van der Waals surface area (Å²) in [6.45, 7) is 13.1. The van der Waals surface area contributed by atoms with Gasteiger partial charge in [-0.1, -0.05) is 79.5 Å². The summed E-state index contributed by atoms with van der Waals surface area (Å²) in [5.74, 6) is -6.07. The molecule has 0 radical (unpaired) electrons. The summed E-state index contributed by atoms with van der Waals surface area (Å²) in [6, 6.07) is 1.30. The third kappa shape index (κ3) is 13.5. The number of ether oxygens (including phenoxy) is 2. The van der Waals surface area contributed by atoms with Gasteiger partial charge in [-0.05, 0) is 61.0 Å². The Labute approximate surface area is 400 Å². The number of carboxylic acid groups (broad SMARTS) is 1. The lowest BCUT2D eigenvalue weighted by Gasteiger charge is -2.41. The Morgan fingerprint density at radius 2 is 1.50 bits per heavy atom. The van der Waals surface area contributed by atoms with E-state index in [0.717, 1.165) is 11.3 Å². The number of hydrogen-bond donors (Lipinski definition) is 3. The van der Waals surface area contributed by atoms with Gasteiger partial charge >= 0.3 is 5.97 Å². The van der Waals surface area contributed by atoms with Crippen LogP contribution >= 0.6 is 0 Å². The number of carbonyl (C=O) groups is 8. The first kappa shape index (κ1) is 55.4. The van der Waals surface area contributed by atoms with Gasteiger partial charge in [0.25, 0.3) is 11.8 Å². The van der Waals surface area contributed by atoms with E-state index in [1.54, 1.807) is 36.9 Å². The minimum absolute atomic E-state index is 0.0805. The summed E-state index contributed by atoms with van der Waals surface area (Å²) in [5.41, 5.74) is 0.147. The van der Waals surface area contributed by atoms with Gasteiger partial charge in [0.15, 0.2) is 0 Å². The summed E-state index contributed by atoms with van der Waals surface area (Å²) in [7, 11) is 6.16. The Kier molecular flexibility index (Phi) is 20.3. The van der Waals surface area contributed by atoms with E-state index < -0.39 is 71.9 Å². The Bertz CT molecular complexity index is 2000. The fourth-order valence-electron chi connectivity index (χ4n) is 10.00. The first-order valence-corrected chi connectivity index (χ1v) is 24.1. The van der Waals surface area contributed by atoms with E-state index in [0.29, 0.717) is 32.1 Å². The van der Waals surface area contributed by atoms with Gasteiger partial charge in [0, 0.05) is 65.9 Å². The number of likely N-dealkylation sites (N-methyl/N-ethyl adjacent to an activating group) is 2. The maximum Gasteiger partial charge on any atom is 0.326 e. The smallest absolute Gasteiger partial charge is 0.326 e. The molecule has 1 aromatic rings. The van der Waals surface area contributed by atoms with E-state index in [-0.39, 0.29) is 90.6 Å². The summed E-state index contributed by atoms with van der Waals surface area (Å²) in [5, 5.41) is 15.5. The first-order chi connectivity index (χ1) is 32.1. The van der Waals surface area contributed by atoms with Crippen LogP contribution in [0.1, 0.15) is 105 Å². The van der Waals surface area contributed by atoms with Gasteiger partial charge in [-0.15, -0.1) is 0 Å². The second-order valence-corrected chi connectivity index (χ2v) is 19.6. The molecule has 2 aliphatic heterocycles. The van der Waals surface area contributed by atoms with Gasteiger partial charge in [-0.2, -0.15) is 0 Å². The molecule has 1 saturated carbocycles. The number of unbranched alkanes of at least 4 members (excludes halogenated alkanes) is 2. The SMILES string of the molecule is CCC(C)C(C(CC(=O)N1C2CC2CC1C(OC)C(C)C(=O)NC(Cc1ccccc1F)C(=O)O)OC)N(C)C(=O)C(NC(=O)C(C(C)C)N(C)C(=O)CCCCCN1C(=O)C=CC1=O)C(C)C. The summed E-state index contributed by atoms with van der Waals surface area (Å²) < 4.78 is 26.4. The maximum atomic E-state index is 14.6. The Hall–Kier alpha value is -5.23. The van der Waals surface area contributed by atoms with Gasteiger partial charge in [-0.25, -0.2) is 9.18 Å². The van der Waals surface area contributed by atoms with Crippen LogP contribution in [0.3, 0.4) is 0 Å². The maximum absolute atomic E-state index is 14.6. The number of nitrogens with one attached hydrogen (secondary N) is 2. The molecule has 2 fully saturated rings. The van der Waals surface area contributed by atoms with Crippen molar-refractivity contribution in [2.24, 2.45) is 29.6 Å². The number of fused-ring (bicyclic) bond motifs is 1. The van der Waals surface area contributed by atoms with Gasteiger partial charge in [0.05, 0.1) is 36.6 Å². The van der Waals surface area contributed by atoms with Crippen LogP contribution in [0.2, 0.25) is 0 Å². The standard InChI is InChI=1S/C50H75FN6O11/c1-12-30(6)45(55(9)49(64)43(28(2)3)53-48(63)44(29(4)5)54(8)39(58)20-14-13-17-23-56-40(59)21-22-41(56)60)38(67-10)27-42(61)57-36-25-33(36)26-37(57)46(68-11)31(7)47(62)52-35(50(65)66)24-32-18-15-16-19-34(32)51/h15-16,18-19,21-22,28-31,33,35-38,43-46H,12-14,17,20,23-27H2,1-11H3,(H,52,62)(H,53,63)(H,65,66). The van der Waals surface area contributed by atoms with E-state index in [1.807, 2.05) is 41.5 Å². The number of rotatable bonds is 27. The van der Waals surface area contributed by atoms with Gasteiger partial charge < -0.3 is 39.9 Å². The van der Waals surface area contributed by atoms with Crippen molar-refractivity contribution in [3.05, 3.63) is 47.8 Å². The molecule has 11 unspecified atom stereocenters. The van der Waals surface area contributed by atoms with Crippen molar-refractivity contribution < 1.29 is 57.3 Å². The average molecular weight is 955 g/mol. The second-order valence-electron chi connectivity index (χ2n) is 19.6. The van der Waals surface area contributed by atoms with Crippen LogP contribution in [0.25, 0.3) is 0 Å². The lowest BCUT2D eigenvalue weighted by Crippen LogP contribution is -2.60. The fourth-order valence-corrected chi connectivity index (χ4v) is 10.00. The molecular weight excluding hydrogens is 880 g/mol. The van der Waals surface area contributed by atoms with Crippen LogP contribution in [0.4, 0.5) is 4.39 Å². The first-order valence-electron chi connectivity index (χ1n) is 24.1. The van der Waals surface area contributed by atoms with E-state index >= 15 is 0 Å². The van der Waals surface area contributed by atoms with Crippen LogP contribution in [0, 0.1) is 35.4 Å². The fraction of sp³-hybridized carbons (Fsp3) is 0.680. The number of methoxy groups -OCH3 is 2. The van der Waals surface area contributed by atoms with E-state index in [4.69, 9.17) is 9.47 Å². The molecule has 4 rings (SSSR count). The minimum Gasteiger partial charge on any atom is -0.480 e. The minimum atomic E-state index is -1.40. The Balaban J connectivity index is 1.44. The highest BCUT2D eigenvalue weighted by molar-refractivity contribution is 6.12. The number of imide groups is 1. The quantitative estimate of drug-likeness (QED) is 0.0849. The molecule has 3 N–H and O–H groups in total. The van der Waals surface area contributed by atoms with E-state index in [1.165, 1.54) is 49.5 Å². The highest BCUT2D eigenvalue weighted by atomic mass is 19.1. The summed E-state index contributed by atoms with van der Waals surface area (Å²) >= 11 is 0. The molecule has 2 heterocycles. The number of carbonyl (C=O) groups excluding carboxylic acids is 7. The number of halogens is 1. The molecule has 3 aliphatic rings. The highest BCUT2D eigenvalue weighted by Gasteiger charge is 2.57. The van der Waals surface area contributed by atoms with Crippen LogP contribution in [-0.4, -0.2) is 155 Å². The molecule has 17 nitrogen and oxygen atoms in total. The Morgan fingerprint density at radius 3 is 2.06 bits per heavy atom. The number of hydrogen-bond acceptors (Lipinski definition) is 10. The van der Waals surface area contributed by atoms with Crippen molar-refractivity contribution in [3.8, 4) is 0 Å². The van der Waals surface area contributed by atoms with Crippen molar-refractivity contribution >= 4 is 47.3 Å². The zero-order chi connectivity index (χ0) is 50.7. The summed E-state index contributed by atoms with van der Waals surface area (Å²) in [6.07, 6.45) is 4.31. The summed E-state index contributed by atoms with van der Waals surface area (Å²) in [4.78, 5) is 112. The molecule has 378 valence electrons. The molecule has 11 atom stereocenters. The van der Waals surface area contributed by atoms with E-state index in [9.17, 15) is 47.9 Å². The normalized spacial score (nSPS) is 21.1. The molecule has 1 aromatic carbocycles. The van der Waals surface area contributed by atoms with Gasteiger partial charge in [-0.3, -0.25) is 38.5 Å². The molecule has 7 amide bonds. The predicted octanol–water partition coefficient (Wildman–Crippen LogP) is 3.97. The number of piperidine rings is 1. The molecular formula is C50H75FN6O11. The zero-order valence-corrected chi connectivity index (χ0v) is 41.7. The third-order valence-electron chi connectivity index (χ3n) is 14.2. The predicted molar refractivity (Wildman–Crippen MR) is 251 cm³/mol. The van der Waals surface area contributed by atoms with Crippen molar-refractivity contribution in [1.82, 2.24) is 30.2 Å². The van der Waals surface area contributed by atoms with Crippen molar-refractivity contribution in [1.29, 1.82) is 0 Å². The van der Waals surface area contributed by atoms with E-state index in [2.05, 4.69) is 10.6 Å². The number of nitrogens with zero attached hydrogens (tertiary/aromatic N) is 4. The van der Waals surface area contributed by atoms with Crippen molar-refractivity contribution in [3.63, 3.8) is 0 Å². The number of amides is 7. The molecule has 1 aliphatic carbocycles.